The second kappa shape index (κ2) is 19.7. The molecule has 0 aromatic heterocycles. The molecule has 0 aliphatic carbocycles. The SMILES string of the molecule is CCCCCCCCCCCCCCCCCC(=O)O.NS(=O)(=O)O. The smallest absolute Gasteiger partial charge is 0.330 e. The van der Waals surface area contributed by atoms with Gasteiger partial charge in [0.15, 0.2) is 0 Å². The number of rotatable bonds is 16. The van der Waals surface area contributed by atoms with Gasteiger partial charge in [-0.25, -0.2) is 5.14 Å². The number of unbranched alkanes of at least 4 members (excludes halogenated alkanes) is 14. The molecule has 7 heteroatoms. The molecule has 0 radical (unpaired) electrons. The topological polar surface area (TPSA) is 118 Å². The summed E-state index contributed by atoms with van der Waals surface area (Å²) in [7, 11) is -4.17. The van der Waals surface area contributed by atoms with Crippen molar-refractivity contribution in [3.8, 4) is 0 Å². The van der Waals surface area contributed by atoms with E-state index in [0.717, 1.165) is 12.8 Å². The Kier molecular flexibility index (Phi) is 20.9. The maximum absolute atomic E-state index is 10.3. The summed E-state index contributed by atoms with van der Waals surface area (Å²) < 4.78 is 25.2. The summed E-state index contributed by atoms with van der Waals surface area (Å²) >= 11 is 0. The Labute approximate surface area is 154 Å². The van der Waals surface area contributed by atoms with Gasteiger partial charge in [-0.3, -0.25) is 9.35 Å². The van der Waals surface area contributed by atoms with Crippen molar-refractivity contribution in [1.29, 1.82) is 0 Å². The van der Waals surface area contributed by atoms with Crippen LogP contribution in [0.5, 0.6) is 0 Å². The molecule has 0 aromatic rings. The number of carboxylic acids is 1. The third kappa shape index (κ3) is 39.8. The molecule has 152 valence electrons. The van der Waals surface area contributed by atoms with Crippen LogP contribution < -0.4 is 5.14 Å². The molecular weight excluding hydrogens is 342 g/mol. The third-order valence-corrected chi connectivity index (χ3v) is 3.99. The second-order valence-corrected chi connectivity index (χ2v) is 7.64. The van der Waals surface area contributed by atoms with Crippen LogP contribution >= 0.6 is 0 Å². The van der Waals surface area contributed by atoms with Crippen LogP contribution in [0, 0.1) is 0 Å². The molecule has 0 aliphatic rings. The van der Waals surface area contributed by atoms with Gasteiger partial charge in [0, 0.05) is 6.42 Å². The fraction of sp³-hybridized carbons (Fsp3) is 0.944. The van der Waals surface area contributed by atoms with Gasteiger partial charge in [0.1, 0.15) is 0 Å². The predicted molar refractivity (Wildman–Crippen MR) is 103 cm³/mol. The first-order valence-corrected chi connectivity index (χ1v) is 11.2. The zero-order chi connectivity index (χ0) is 19.4. The van der Waals surface area contributed by atoms with E-state index in [1.165, 1.54) is 83.5 Å². The van der Waals surface area contributed by atoms with Crippen molar-refractivity contribution in [3.05, 3.63) is 0 Å². The Balaban J connectivity index is 0. The van der Waals surface area contributed by atoms with Crippen molar-refractivity contribution in [2.45, 2.75) is 110 Å². The molecule has 0 bridgehead atoms. The highest BCUT2D eigenvalue weighted by Gasteiger charge is 1.97. The summed E-state index contributed by atoms with van der Waals surface area (Å²) in [5, 5.41) is 12.4. The minimum Gasteiger partial charge on any atom is -0.481 e. The highest BCUT2D eigenvalue weighted by Crippen LogP contribution is 2.13. The van der Waals surface area contributed by atoms with Gasteiger partial charge in [0.2, 0.25) is 0 Å². The predicted octanol–water partition coefficient (Wildman–Crippen LogP) is 5.08. The molecular formula is C18H39NO5S. The van der Waals surface area contributed by atoms with Crippen LogP contribution in [-0.2, 0) is 15.1 Å². The molecule has 0 fully saturated rings. The molecule has 0 rings (SSSR count). The number of hydrogen-bond acceptors (Lipinski definition) is 3. The molecule has 0 saturated heterocycles. The highest BCUT2D eigenvalue weighted by molar-refractivity contribution is 7.83. The molecule has 0 unspecified atom stereocenters. The quantitative estimate of drug-likeness (QED) is 0.254. The zero-order valence-corrected chi connectivity index (χ0v) is 16.7. The van der Waals surface area contributed by atoms with E-state index < -0.39 is 16.3 Å². The minimum atomic E-state index is -4.17. The molecule has 0 aromatic carbocycles. The van der Waals surface area contributed by atoms with Gasteiger partial charge in [-0.2, -0.15) is 8.42 Å². The van der Waals surface area contributed by atoms with Crippen LogP contribution in [0.4, 0.5) is 0 Å². The van der Waals surface area contributed by atoms with Crippen LogP contribution in [0.25, 0.3) is 0 Å². The number of hydrogen-bond donors (Lipinski definition) is 3. The van der Waals surface area contributed by atoms with E-state index in [4.69, 9.17) is 18.1 Å². The Morgan fingerprint density at radius 3 is 1.20 bits per heavy atom. The van der Waals surface area contributed by atoms with Gasteiger partial charge in [-0.05, 0) is 6.42 Å². The molecule has 0 heterocycles. The summed E-state index contributed by atoms with van der Waals surface area (Å²) in [6.07, 6.45) is 20.2. The Hall–Kier alpha value is -0.660. The fourth-order valence-electron chi connectivity index (χ4n) is 2.65. The fourth-order valence-corrected chi connectivity index (χ4v) is 2.65. The normalized spacial score (nSPS) is 11.0. The maximum Gasteiger partial charge on any atom is 0.330 e. The van der Waals surface area contributed by atoms with Gasteiger partial charge >= 0.3 is 16.3 Å². The first-order valence-electron chi connectivity index (χ1n) is 9.74. The Bertz CT molecular complexity index is 377. The average Bonchev–Trinajstić information content (AvgIpc) is 2.49. The number of nitrogens with two attached hydrogens (primary N) is 1. The van der Waals surface area contributed by atoms with E-state index in [2.05, 4.69) is 12.1 Å². The van der Waals surface area contributed by atoms with E-state index >= 15 is 0 Å². The van der Waals surface area contributed by atoms with Crippen LogP contribution in [0.15, 0.2) is 0 Å². The van der Waals surface area contributed by atoms with Crippen molar-refractivity contribution in [3.63, 3.8) is 0 Å². The van der Waals surface area contributed by atoms with E-state index in [1.54, 1.807) is 0 Å². The highest BCUT2D eigenvalue weighted by atomic mass is 32.2. The molecule has 0 amide bonds. The molecule has 4 N–H and O–H groups in total. The average molecular weight is 382 g/mol. The summed E-state index contributed by atoms with van der Waals surface area (Å²) in [6.45, 7) is 2.27. The molecule has 0 aliphatic heterocycles. The summed E-state index contributed by atoms with van der Waals surface area (Å²) in [4.78, 5) is 10.3. The van der Waals surface area contributed by atoms with Gasteiger partial charge in [-0.15, -0.1) is 0 Å². The molecule has 0 atom stereocenters. The standard InChI is InChI=1S/C18H36O2.H3NO3S/c1-2-3-4-5-6-7-8-9-10-11-12-13-14-15-16-17-18(19)20;1-5(2,3)4/h2-17H2,1H3,(H,19,20);(H3,1,2,3,4). The maximum atomic E-state index is 10.3. The van der Waals surface area contributed by atoms with Crippen LogP contribution in [0.1, 0.15) is 110 Å². The van der Waals surface area contributed by atoms with Gasteiger partial charge in [0.05, 0.1) is 0 Å². The van der Waals surface area contributed by atoms with Crippen molar-refractivity contribution >= 4 is 16.3 Å². The van der Waals surface area contributed by atoms with Crippen LogP contribution in [-0.4, -0.2) is 24.0 Å². The minimum absolute atomic E-state index is 0.345. The molecule has 0 saturated carbocycles. The Morgan fingerprint density at radius 1 is 0.720 bits per heavy atom. The molecule has 25 heavy (non-hydrogen) atoms. The van der Waals surface area contributed by atoms with Crippen molar-refractivity contribution < 1.29 is 22.9 Å². The summed E-state index contributed by atoms with van der Waals surface area (Å²) in [5.41, 5.74) is 0. The number of carbonyl (C=O) groups is 1. The lowest BCUT2D eigenvalue weighted by atomic mass is 10.0. The summed E-state index contributed by atoms with van der Waals surface area (Å²) in [6, 6.07) is 0. The van der Waals surface area contributed by atoms with E-state index in [0.29, 0.717) is 6.42 Å². The summed E-state index contributed by atoms with van der Waals surface area (Å²) in [5.74, 6) is -0.653. The lowest BCUT2D eigenvalue weighted by Gasteiger charge is -2.03. The van der Waals surface area contributed by atoms with Gasteiger partial charge < -0.3 is 5.11 Å². The largest absolute Gasteiger partial charge is 0.481 e. The first kappa shape index (κ1) is 26.6. The Morgan fingerprint density at radius 2 is 0.960 bits per heavy atom. The van der Waals surface area contributed by atoms with Crippen molar-refractivity contribution in [2.24, 2.45) is 5.14 Å². The first-order chi connectivity index (χ1) is 11.8. The monoisotopic (exact) mass is 381 g/mol. The molecule has 0 spiro atoms. The van der Waals surface area contributed by atoms with Crippen molar-refractivity contribution in [2.75, 3.05) is 0 Å². The number of carboxylic acid groups (broad SMARTS) is 1. The van der Waals surface area contributed by atoms with Gasteiger partial charge in [0.25, 0.3) is 0 Å². The lowest BCUT2D eigenvalue weighted by Crippen LogP contribution is -2.08. The van der Waals surface area contributed by atoms with Crippen molar-refractivity contribution in [1.82, 2.24) is 0 Å². The van der Waals surface area contributed by atoms with Gasteiger partial charge in [-0.1, -0.05) is 96.8 Å². The van der Waals surface area contributed by atoms with Crippen LogP contribution in [0.3, 0.4) is 0 Å². The molecule has 6 nitrogen and oxygen atoms in total. The third-order valence-electron chi connectivity index (χ3n) is 3.99. The second-order valence-electron chi connectivity index (χ2n) is 6.61. The zero-order valence-electron chi connectivity index (χ0n) is 15.9. The van der Waals surface area contributed by atoms with E-state index in [-0.39, 0.29) is 0 Å². The number of aliphatic carboxylic acids is 1. The van der Waals surface area contributed by atoms with E-state index in [9.17, 15) is 4.79 Å². The lowest BCUT2D eigenvalue weighted by molar-refractivity contribution is -0.137. The van der Waals surface area contributed by atoms with Crippen LogP contribution in [0.2, 0.25) is 0 Å². The van der Waals surface area contributed by atoms with E-state index in [1.807, 2.05) is 0 Å².